The fourth-order valence-corrected chi connectivity index (χ4v) is 8.80. The molecule has 6 aromatic carbocycles. The van der Waals surface area contributed by atoms with Gasteiger partial charge in [-0.1, -0.05) is 97.1 Å². The third-order valence-electron chi connectivity index (χ3n) is 10.2. The van der Waals surface area contributed by atoms with Gasteiger partial charge in [-0.3, -0.25) is 9.98 Å². The third-order valence-corrected chi connectivity index (χ3v) is 11.3. The summed E-state index contributed by atoms with van der Waals surface area (Å²) in [5.74, 6) is 0. The molecule has 0 radical (unpaired) electrons. The van der Waals surface area contributed by atoms with Crippen LogP contribution in [0.5, 0.6) is 0 Å². The molecule has 0 N–H and O–H groups in total. The van der Waals surface area contributed by atoms with Crippen molar-refractivity contribution in [1.29, 1.82) is 0 Å². The lowest BCUT2D eigenvalue weighted by Crippen LogP contribution is -1.93. The number of aromatic nitrogens is 3. The van der Waals surface area contributed by atoms with E-state index >= 15 is 0 Å². The van der Waals surface area contributed by atoms with Crippen molar-refractivity contribution in [1.82, 2.24) is 14.1 Å². The second-order valence-electron chi connectivity index (χ2n) is 13.2. The van der Waals surface area contributed by atoms with Crippen molar-refractivity contribution in [3.8, 4) is 22.6 Å². The van der Waals surface area contributed by atoms with Crippen molar-refractivity contribution in [3.05, 3.63) is 174 Å². The Bertz CT molecular complexity index is 3030. The Morgan fingerprint density at radius 3 is 1.79 bits per heavy atom. The lowest BCUT2D eigenvalue weighted by Gasteiger charge is -2.09. The molecule has 0 atom stereocenters. The first-order valence-electron chi connectivity index (χ1n) is 17.4. The summed E-state index contributed by atoms with van der Waals surface area (Å²) in [6.45, 7) is 6.22. The van der Waals surface area contributed by atoms with Gasteiger partial charge in [-0.15, -0.1) is 11.3 Å². The summed E-state index contributed by atoms with van der Waals surface area (Å²) in [6.07, 6.45) is 4.21. The molecule has 10 rings (SSSR count). The van der Waals surface area contributed by atoms with Crippen LogP contribution in [-0.2, 0) is 0 Å². The average Bonchev–Trinajstić information content (AvgIpc) is 3.83. The minimum Gasteiger partial charge on any atom is -0.309 e. The molecule has 0 saturated carbocycles. The highest BCUT2D eigenvalue weighted by atomic mass is 32.1. The predicted molar refractivity (Wildman–Crippen MR) is 222 cm³/mol. The first kappa shape index (κ1) is 30.3. The molecule has 0 bridgehead atoms. The molecule has 0 saturated heterocycles. The largest absolute Gasteiger partial charge is 0.309 e. The number of thiophene rings is 1. The summed E-state index contributed by atoms with van der Waals surface area (Å²) >= 11 is 1.76. The number of hydrogen-bond acceptors (Lipinski definition) is 3. The number of nitrogens with zero attached hydrogens (tertiary/aromatic N) is 4. The Labute approximate surface area is 304 Å². The SMILES string of the molecule is C=N/C(=C\c1c(C)sc2cnc(-c3ccc4c5ccccc5n(-c5ccccc5)c4c3)cc12)c1ccc2c3ccccc3n(-c3ccccc3)c2c1. The quantitative estimate of drug-likeness (QED) is 0.161. The van der Waals surface area contributed by atoms with Gasteiger partial charge in [0.25, 0.3) is 0 Å². The van der Waals surface area contributed by atoms with Gasteiger partial charge in [-0.25, -0.2) is 0 Å². The van der Waals surface area contributed by atoms with Crippen molar-refractivity contribution in [2.24, 2.45) is 4.99 Å². The molecule has 0 aliphatic rings. The van der Waals surface area contributed by atoms with Crippen LogP contribution in [0.4, 0.5) is 0 Å². The molecule has 0 fully saturated rings. The predicted octanol–water partition coefficient (Wildman–Crippen LogP) is 12.7. The number of aliphatic imine (C=N–C) groups is 1. The van der Waals surface area contributed by atoms with Crippen LogP contribution in [0.2, 0.25) is 0 Å². The number of hydrogen-bond donors (Lipinski definition) is 0. The van der Waals surface area contributed by atoms with E-state index in [2.05, 4.69) is 186 Å². The normalized spacial score (nSPS) is 12.1. The summed E-state index contributed by atoms with van der Waals surface area (Å²) in [7, 11) is 0. The van der Waals surface area contributed by atoms with Crippen molar-refractivity contribution >= 4 is 83.5 Å². The topological polar surface area (TPSA) is 35.1 Å². The molecule has 52 heavy (non-hydrogen) atoms. The summed E-state index contributed by atoms with van der Waals surface area (Å²) in [6, 6.07) is 54.0. The lowest BCUT2D eigenvalue weighted by molar-refractivity contribution is 1.18. The summed E-state index contributed by atoms with van der Waals surface area (Å²) in [5, 5.41) is 6.07. The molecule has 4 heterocycles. The number of para-hydroxylation sites is 4. The van der Waals surface area contributed by atoms with Crippen LogP contribution in [0.1, 0.15) is 16.0 Å². The maximum absolute atomic E-state index is 4.99. The Morgan fingerprint density at radius 1 is 0.596 bits per heavy atom. The van der Waals surface area contributed by atoms with Gasteiger partial charge in [0, 0.05) is 60.5 Å². The van der Waals surface area contributed by atoms with E-state index in [4.69, 9.17) is 4.98 Å². The van der Waals surface area contributed by atoms with Crippen LogP contribution < -0.4 is 0 Å². The van der Waals surface area contributed by atoms with Gasteiger partial charge in [0.15, 0.2) is 0 Å². The smallest absolute Gasteiger partial charge is 0.0710 e. The summed E-state index contributed by atoms with van der Waals surface area (Å²) < 4.78 is 5.84. The van der Waals surface area contributed by atoms with Crippen molar-refractivity contribution in [2.75, 3.05) is 0 Å². The van der Waals surface area contributed by atoms with Gasteiger partial charge in [0.05, 0.1) is 38.2 Å². The molecule has 0 amide bonds. The molecule has 246 valence electrons. The lowest BCUT2D eigenvalue weighted by atomic mass is 10.0. The van der Waals surface area contributed by atoms with Crippen LogP contribution in [0.25, 0.3) is 88.1 Å². The van der Waals surface area contributed by atoms with E-state index in [1.165, 1.54) is 37.5 Å². The van der Waals surface area contributed by atoms with Crippen molar-refractivity contribution < 1.29 is 0 Å². The zero-order chi connectivity index (χ0) is 34.8. The number of rotatable bonds is 6. The van der Waals surface area contributed by atoms with Crippen LogP contribution in [0, 0.1) is 6.92 Å². The maximum atomic E-state index is 4.99. The Balaban J connectivity index is 1.11. The molecule has 0 unspecified atom stereocenters. The van der Waals surface area contributed by atoms with Gasteiger partial charge in [-0.2, -0.15) is 0 Å². The highest BCUT2D eigenvalue weighted by Crippen LogP contribution is 2.39. The molecule has 0 spiro atoms. The van der Waals surface area contributed by atoms with Crippen LogP contribution in [-0.4, -0.2) is 20.8 Å². The van der Waals surface area contributed by atoms with Gasteiger partial charge < -0.3 is 9.13 Å². The summed E-state index contributed by atoms with van der Waals surface area (Å²) in [4.78, 5) is 10.8. The highest BCUT2D eigenvalue weighted by Gasteiger charge is 2.17. The first-order chi connectivity index (χ1) is 25.7. The summed E-state index contributed by atoms with van der Waals surface area (Å²) in [5.41, 5.74) is 12.0. The van der Waals surface area contributed by atoms with E-state index in [1.807, 2.05) is 6.20 Å². The molecular formula is C47H32N4S. The standard InChI is InChI=1S/C47H32N4S/c1-30-39(27-41(48-2)31-21-23-37-35-17-9-11-19-43(35)50(45(37)25-31)33-13-5-3-6-14-33)40-28-42(49-29-47(40)52-30)32-22-24-38-36-18-10-12-20-44(36)51(46(38)26-32)34-15-7-4-8-16-34/h3-29H,2H2,1H3/b41-27-. The van der Waals surface area contributed by atoms with Crippen LogP contribution in [0.3, 0.4) is 0 Å². The van der Waals surface area contributed by atoms with E-state index in [0.717, 1.165) is 60.6 Å². The van der Waals surface area contributed by atoms with Crippen molar-refractivity contribution in [3.63, 3.8) is 0 Å². The van der Waals surface area contributed by atoms with E-state index in [0.29, 0.717) is 0 Å². The minimum atomic E-state index is 0.835. The number of fused-ring (bicyclic) bond motifs is 7. The van der Waals surface area contributed by atoms with Gasteiger partial charge in [0.1, 0.15) is 0 Å². The van der Waals surface area contributed by atoms with Crippen LogP contribution >= 0.6 is 11.3 Å². The Morgan fingerprint density at radius 2 is 1.15 bits per heavy atom. The number of aryl methyl sites for hydroxylation is 1. The molecule has 0 aliphatic heterocycles. The minimum absolute atomic E-state index is 0.835. The monoisotopic (exact) mass is 684 g/mol. The van der Waals surface area contributed by atoms with E-state index < -0.39 is 0 Å². The van der Waals surface area contributed by atoms with E-state index in [9.17, 15) is 0 Å². The Hall–Kier alpha value is -6.56. The molecule has 0 aliphatic carbocycles. The van der Waals surface area contributed by atoms with Crippen molar-refractivity contribution in [2.45, 2.75) is 6.92 Å². The van der Waals surface area contributed by atoms with Gasteiger partial charge in [0.2, 0.25) is 0 Å². The fraction of sp³-hybridized carbons (Fsp3) is 0.0213. The van der Waals surface area contributed by atoms with E-state index in [1.54, 1.807) is 11.3 Å². The van der Waals surface area contributed by atoms with Gasteiger partial charge in [-0.05, 0) is 79.9 Å². The molecule has 4 nitrogen and oxygen atoms in total. The second kappa shape index (κ2) is 12.0. The van der Waals surface area contributed by atoms with E-state index in [-0.39, 0.29) is 0 Å². The maximum Gasteiger partial charge on any atom is 0.0710 e. The highest BCUT2D eigenvalue weighted by molar-refractivity contribution is 7.19. The number of pyridine rings is 1. The second-order valence-corrected chi connectivity index (χ2v) is 14.4. The molecule has 10 aromatic rings. The zero-order valence-corrected chi connectivity index (χ0v) is 29.3. The Kier molecular flexibility index (Phi) is 7.01. The third kappa shape index (κ3) is 4.74. The number of benzene rings is 6. The average molecular weight is 685 g/mol. The molecular weight excluding hydrogens is 653 g/mol. The van der Waals surface area contributed by atoms with Gasteiger partial charge >= 0.3 is 0 Å². The first-order valence-corrected chi connectivity index (χ1v) is 18.2. The zero-order valence-electron chi connectivity index (χ0n) is 28.5. The molecule has 4 aromatic heterocycles. The van der Waals surface area contributed by atoms with Crippen LogP contribution in [0.15, 0.2) is 163 Å². The molecule has 5 heteroatoms. The fourth-order valence-electron chi connectivity index (χ4n) is 7.81.